The summed E-state index contributed by atoms with van der Waals surface area (Å²) < 4.78 is 36.5. The van der Waals surface area contributed by atoms with Gasteiger partial charge in [-0.05, 0) is 43.7 Å². The van der Waals surface area contributed by atoms with Crippen LogP contribution >= 0.6 is 0 Å². The number of benzene rings is 1. The maximum atomic E-state index is 13.1. The highest BCUT2D eigenvalue weighted by atomic mass is 32.2. The van der Waals surface area contributed by atoms with Crippen molar-refractivity contribution >= 4 is 9.84 Å². The molecule has 2 unspecified atom stereocenters. The maximum Gasteiger partial charge on any atom is 0.151 e. The van der Waals surface area contributed by atoms with Crippen LogP contribution in [0.15, 0.2) is 18.2 Å². The number of hydrogen-bond acceptors (Lipinski definition) is 3. The molecule has 0 aliphatic heterocycles. The molecule has 1 N–H and O–H groups in total. The number of nitrogens with one attached hydrogen (secondary N) is 1. The first kappa shape index (κ1) is 15.1. The molecule has 102 valence electrons. The summed E-state index contributed by atoms with van der Waals surface area (Å²) in [5.41, 5.74) is 1.59. The van der Waals surface area contributed by atoms with E-state index in [1.165, 1.54) is 18.4 Å². The Labute approximate surface area is 108 Å². The Morgan fingerprint density at radius 2 is 2.00 bits per heavy atom. The second kappa shape index (κ2) is 5.80. The summed E-state index contributed by atoms with van der Waals surface area (Å²) in [6, 6.07) is 4.13. The monoisotopic (exact) mass is 273 g/mol. The van der Waals surface area contributed by atoms with Gasteiger partial charge in [-0.25, -0.2) is 12.8 Å². The summed E-state index contributed by atoms with van der Waals surface area (Å²) in [6.45, 7) is 6.03. The summed E-state index contributed by atoms with van der Waals surface area (Å²) >= 11 is 0. The highest BCUT2D eigenvalue weighted by Crippen LogP contribution is 2.25. The van der Waals surface area contributed by atoms with Crippen molar-refractivity contribution in [1.82, 2.24) is 5.32 Å². The van der Waals surface area contributed by atoms with E-state index in [0.717, 1.165) is 11.1 Å². The molecule has 0 aromatic heterocycles. The van der Waals surface area contributed by atoms with Gasteiger partial charge in [0.1, 0.15) is 5.82 Å². The minimum atomic E-state index is -3.16. The summed E-state index contributed by atoms with van der Waals surface area (Å²) in [4.78, 5) is 0. The number of aryl methyl sites for hydroxylation is 1. The predicted molar refractivity (Wildman–Crippen MR) is 71.9 cm³/mol. The highest BCUT2D eigenvalue weighted by molar-refractivity contribution is 7.91. The van der Waals surface area contributed by atoms with Gasteiger partial charge in [0.15, 0.2) is 9.84 Å². The van der Waals surface area contributed by atoms with E-state index in [0.29, 0.717) is 6.54 Å². The number of halogens is 1. The van der Waals surface area contributed by atoms with Gasteiger partial charge < -0.3 is 5.32 Å². The molecule has 2 atom stereocenters. The molecule has 0 aliphatic rings. The third kappa shape index (κ3) is 3.53. The summed E-state index contributed by atoms with van der Waals surface area (Å²) in [6.07, 6.45) is 1.22. The average Bonchev–Trinajstić information content (AvgIpc) is 2.24. The molecule has 0 amide bonds. The van der Waals surface area contributed by atoms with E-state index in [1.807, 2.05) is 6.92 Å². The van der Waals surface area contributed by atoms with Crippen molar-refractivity contribution in [3.63, 3.8) is 0 Å². The minimum Gasteiger partial charge on any atom is -0.309 e. The molecule has 0 saturated heterocycles. The molecule has 0 heterocycles. The zero-order chi connectivity index (χ0) is 13.9. The highest BCUT2D eigenvalue weighted by Gasteiger charge is 2.27. The quantitative estimate of drug-likeness (QED) is 0.894. The fraction of sp³-hybridized carbons (Fsp3) is 0.538. The van der Waals surface area contributed by atoms with Gasteiger partial charge in [-0.2, -0.15) is 0 Å². The standard InChI is InChI=1S/C13H20FNO2S/c1-5-15-13(10(3)18(4,16)17)12-7-6-11(14)8-9(12)2/h6-8,10,13,15H,5H2,1-4H3. The Hall–Kier alpha value is -0.940. The molecule has 0 saturated carbocycles. The van der Waals surface area contributed by atoms with Crippen molar-refractivity contribution in [3.8, 4) is 0 Å². The van der Waals surface area contributed by atoms with Gasteiger partial charge in [-0.3, -0.25) is 0 Å². The number of sulfone groups is 1. The minimum absolute atomic E-state index is 0.307. The van der Waals surface area contributed by atoms with Crippen LogP contribution in [0.4, 0.5) is 4.39 Å². The van der Waals surface area contributed by atoms with Crippen molar-refractivity contribution in [2.24, 2.45) is 0 Å². The Balaban J connectivity index is 3.20. The second-order valence-electron chi connectivity index (χ2n) is 4.57. The first-order chi connectivity index (χ1) is 8.27. The Kier molecular flexibility index (Phi) is 4.87. The first-order valence-electron chi connectivity index (χ1n) is 5.95. The van der Waals surface area contributed by atoms with Crippen molar-refractivity contribution < 1.29 is 12.8 Å². The van der Waals surface area contributed by atoms with Gasteiger partial charge in [0.25, 0.3) is 0 Å². The van der Waals surface area contributed by atoms with Gasteiger partial charge in [0.05, 0.1) is 5.25 Å². The lowest BCUT2D eigenvalue weighted by Crippen LogP contribution is -2.35. The SMILES string of the molecule is CCNC(c1ccc(F)cc1C)C(C)S(C)(=O)=O. The number of rotatable bonds is 5. The van der Waals surface area contributed by atoms with Crippen LogP contribution in [0.3, 0.4) is 0 Å². The van der Waals surface area contributed by atoms with E-state index in [1.54, 1.807) is 19.9 Å². The molecular formula is C13H20FNO2S. The maximum absolute atomic E-state index is 13.1. The fourth-order valence-corrected chi connectivity index (χ4v) is 2.72. The van der Waals surface area contributed by atoms with Crippen LogP contribution < -0.4 is 5.32 Å². The third-order valence-corrected chi connectivity index (χ3v) is 4.76. The Morgan fingerprint density at radius 3 is 2.44 bits per heavy atom. The van der Waals surface area contributed by atoms with Crippen LogP contribution in [-0.2, 0) is 9.84 Å². The van der Waals surface area contributed by atoms with E-state index in [2.05, 4.69) is 5.32 Å². The van der Waals surface area contributed by atoms with E-state index in [4.69, 9.17) is 0 Å². The van der Waals surface area contributed by atoms with Crippen LogP contribution in [0.5, 0.6) is 0 Å². The van der Waals surface area contributed by atoms with Gasteiger partial charge in [0.2, 0.25) is 0 Å². The summed E-state index contributed by atoms with van der Waals surface area (Å²) in [5.74, 6) is -0.307. The van der Waals surface area contributed by atoms with Gasteiger partial charge in [-0.1, -0.05) is 13.0 Å². The molecule has 0 bridgehead atoms. The molecule has 18 heavy (non-hydrogen) atoms. The van der Waals surface area contributed by atoms with Crippen molar-refractivity contribution in [3.05, 3.63) is 35.1 Å². The average molecular weight is 273 g/mol. The van der Waals surface area contributed by atoms with Crippen LogP contribution in [0.1, 0.15) is 31.0 Å². The lowest BCUT2D eigenvalue weighted by atomic mass is 9.99. The second-order valence-corrected chi connectivity index (χ2v) is 6.97. The van der Waals surface area contributed by atoms with E-state index in [-0.39, 0.29) is 11.9 Å². The molecule has 1 aromatic rings. The van der Waals surface area contributed by atoms with E-state index >= 15 is 0 Å². The lowest BCUT2D eigenvalue weighted by molar-refractivity contribution is 0.510. The lowest BCUT2D eigenvalue weighted by Gasteiger charge is -2.25. The molecule has 5 heteroatoms. The molecule has 0 fully saturated rings. The third-order valence-electron chi connectivity index (χ3n) is 3.14. The van der Waals surface area contributed by atoms with Gasteiger partial charge in [-0.15, -0.1) is 0 Å². The Morgan fingerprint density at radius 1 is 1.39 bits per heavy atom. The van der Waals surface area contributed by atoms with Gasteiger partial charge in [0, 0.05) is 12.3 Å². The molecule has 0 spiro atoms. The number of hydrogen-bond donors (Lipinski definition) is 1. The smallest absolute Gasteiger partial charge is 0.151 e. The molecule has 3 nitrogen and oxygen atoms in total. The normalized spacial score (nSPS) is 15.4. The zero-order valence-corrected chi connectivity index (χ0v) is 12.0. The van der Waals surface area contributed by atoms with Gasteiger partial charge >= 0.3 is 0 Å². The van der Waals surface area contributed by atoms with Crippen LogP contribution in [0.25, 0.3) is 0 Å². The predicted octanol–water partition coefficient (Wildman–Crippen LogP) is 2.22. The van der Waals surface area contributed by atoms with Crippen LogP contribution in [0, 0.1) is 12.7 Å². The Bertz CT molecular complexity index is 514. The van der Waals surface area contributed by atoms with Crippen molar-refractivity contribution in [2.75, 3.05) is 12.8 Å². The first-order valence-corrected chi connectivity index (χ1v) is 7.91. The molecular weight excluding hydrogens is 253 g/mol. The summed E-state index contributed by atoms with van der Waals surface area (Å²) in [5, 5.41) is 2.61. The molecule has 1 aromatic carbocycles. The fourth-order valence-electron chi connectivity index (χ4n) is 1.98. The van der Waals surface area contributed by atoms with E-state index in [9.17, 15) is 12.8 Å². The molecule has 1 rings (SSSR count). The summed E-state index contributed by atoms with van der Waals surface area (Å²) in [7, 11) is -3.16. The van der Waals surface area contributed by atoms with Crippen LogP contribution in [-0.4, -0.2) is 26.5 Å². The molecule has 0 radical (unpaired) electrons. The van der Waals surface area contributed by atoms with Crippen LogP contribution in [0.2, 0.25) is 0 Å². The van der Waals surface area contributed by atoms with E-state index < -0.39 is 15.1 Å². The molecule has 0 aliphatic carbocycles. The van der Waals surface area contributed by atoms with Crippen molar-refractivity contribution in [1.29, 1.82) is 0 Å². The zero-order valence-electron chi connectivity index (χ0n) is 11.2. The largest absolute Gasteiger partial charge is 0.309 e. The topological polar surface area (TPSA) is 46.2 Å². The van der Waals surface area contributed by atoms with Crippen molar-refractivity contribution in [2.45, 2.75) is 32.1 Å².